The zero-order valence-corrected chi connectivity index (χ0v) is 10.9. The molecule has 0 aliphatic rings. The molecule has 0 aliphatic heterocycles. The van der Waals surface area contributed by atoms with Crippen LogP contribution in [0.25, 0.3) is 0 Å². The van der Waals surface area contributed by atoms with E-state index < -0.39 is 0 Å². The van der Waals surface area contributed by atoms with E-state index in [1.54, 1.807) is 31.4 Å². The summed E-state index contributed by atoms with van der Waals surface area (Å²) in [5.74, 6) is 1.72. The molecule has 0 radical (unpaired) electrons. The Morgan fingerprint density at radius 1 is 1.22 bits per heavy atom. The van der Waals surface area contributed by atoms with E-state index in [2.05, 4.69) is 9.97 Å². The summed E-state index contributed by atoms with van der Waals surface area (Å²) in [6.07, 6.45) is 3.41. The normalized spacial score (nSPS) is 10.1. The van der Waals surface area contributed by atoms with Gasteiger partial charge in [-0.15, -0.1) is 11.8 Å². The molecule has 2 aromatic rings. The van der Waals surface area contributed by atoms with Crippen molar-refractivity contribution in [2.75, 3.05) is 19.1 Å². The van der Waals surface area contributed by atoms with Crippen molar-refractivity contribution in [2.45, 2.75) is 5.03 Å². The van der Waals surface area contributed by atoms with Crippen molar-refractivity contribution in [3.05, 3.63) is 30.6 Å². The van der Waals surface area contributed by atoms with Gasteiger partial charge in [-0.25, -0.2) is 9.97 Å². The molecule has 0 unspecified atom stereocenters. The van der Waals surface area contributed by atoms with E-state index in [9.17, 15) is 0 Å². The Labute approximate surface area is 109 Å². The van der Waals surface area contributed by atoms with Gasteiger partial charge in [0.15, 0.2) is 0 Å². The smallest absolute Gasteiger partial charge is 0.223 e. The van der Waals surface area contributed by atoms with E-state index in [0.29, 0.717) is 23.1 Å². The molecule has 0 saturated heterocycles. The second-order valence-corrected chi connectivity index (χ2v) is 4.23. The second-order valence-electron chi connectivity index (χ2n) is 3.40. The number of anilines is 1. The Balaban J connectivity index is 2.20. The lowest BCUT2D eigenvalue weighted by Gasteiger charge is -2.08. The monoisotopic (exact) mass is 263 g/mol. The van der Waals surface area contributed by atoms with Crippen LogP contribution in [0.5, 0.6) is 17.4 Å². The molecule has 1 aromatic heterocycles. The van der Waals surface area contributed by atoms with Crippen LogP contribution in [-0.2, 0) is 0 Å². The number of methoxy groups -OCH3 is 1. The van der Waals surface area contributed by atoms with Gasteiger partial charge < -0.3 is 15.2 Å². The fourth-order valence-electron chi connectivity index (χ4n) is 1.39. The van der Waals surface area contributed by atoms with Crippen LogP contribution in [0.15, 0.2) is 35.6 Å². The fourth-order valence-corrected chi connectivity index (χ4v) is 1.76. The number of ether oxygens (including phenoxy) is 2. The highest BCUT2D eigenvalue weighted by Crippen LogP contribution is 2.29. The van der Waals surface area contributed by atoms with Crippen LogP contribution in [0.3, 0.4) is 0 Å². The maximum atomic E-state index is 5.80. The summed E-state index contributed by atoms with van der Waals surface area (Å²) >= 11 is 1.53. The van der Waals surface area contributed by atoms with Crippen molar-refractivity contribution in [1.82, 2.24) is 9.97 Å². The van der Waals surface area contributed by atoms with Gasteiger partial charge in [0.2, 0.25) is 5.88 Å². The van der Waals surface area contributed by atoms with Crippen LogP contribution in [-0.4, -0.2) is 23.3 Å². The Bertz CT molecular complexity index is 549. The molecule has 0 spiro atoms. The Kier molecular flexibility index (Phi) is 3.88. The van der Waals surface area contributed by atoms with E-state index in [-0.39, 0.29) is 0 Å². The number of thioether (sulfide) groups is 1. The zero-order chi connectivity index (χ0) is 13.0. The molecule has 18 heavy (non-hydrogen) atoms. The van der Waals surface area contributed by atoms with Crippen molar-refractivity contribution < 1.29 is 9.47 Å². The van der Waals surface area contributed by atoms with Crippen molar-refractivity contribution in [3.8, 4) is 17.4 Å². The van der Waals surface area contributed by atoms with Crippen LogP contribution >= 0.6 is 11.8 Å². The lowest BCUT2D eigenvalue weighted by Crippen LogP contribution is -1.94. The third-order valence-electron chi connectivity index (χ3n) is 2.25. The van der Waals surface area contributed by atoms with Crippen LogP contribution in [0.1, 0.15) is 0 Å². The average molecular weight is 263 g/mol. The Morgan fingerprint density at radius 2 is 2.06 bits per heavy atom. The Hall–Kier alpha value is -1.95. The molecule has 0 bridgehead atoms. The largest absolute Gasteiger partial charge is 0.495 e. The van der Waals surface area contributed by atoms with Gasteiger partial charge >= 0.3 is 0 Å². The molecular weight excluding hydrogens is 250 g/mol. The molecule has 1 aromatic carbocycles. The molecule has 94 valence electrons. The Morgan fingerprint density at radius 3 is 2.72 bits per heavy atom. The topological polar surface area (TPSA) is 70.3 Å². The van der Waals surface area contributed by atoms with Crippen molar-refractivity contribution in [2.24, 2.45) is 0 Å². The standard InChI is InChI=1S/C12H13N3O2S/c1-16-10-4-3-8(5-9(10)13)17-11-6-12(18-2)15-7-14-11/h3-7H,13H2,1-2H3. The zero-order valence-electron chi connectivity index (χ0n) is 10.1. The summed E-state index contributed by atoms with van der Waals surface area (Å²) in [4.78, 5) is 8.11. The van der Waals surface area contributed by atoms with Crippen molar-refractivity contribution in [3.63, 3.8) is 0 Å². The first-order chi connectivity index (χ1) is 8.72. The predicted octanol–water partition coefficient (Wildman–Crippen LogP) is 2.58. The summed E-state index contributed by atoms with van der Waals surface area (Å²) in [7, 11) is 1.57. The highest BCUT2D eigenvalue weighted by molar-refractivity contribution is 7.98. The van der Waals surface area contributed by atoms with Gasteiger partial charge in [0.1, 0.15) is 22.9 Å². The lowest BCUT2D eigenvalue weighted by molar-refractivity contribution is 0.414. The highest BCUT2D eigenvalue weighted by atomic mass is 32.2. The minimum absolute atomic E-state index is 0.485. The highest BCUT2D eigenvalue weighted by Gasteiger charge is 2.04. The number of benzene rings is 1. The van der Waals surface area contributed by atoms with E-state index in [1.807, 2.05) is 6.26 Å². The number of nitrogens with two attached hydrogens (primary N) is 1. The van der Waals surface area contributed by atoms with Crippen LogP contribution in [0.4, 0.5) is 5.69 Å². The second kappa shape index (κ2) is 5.59. The van der Waals surface area contributed by atoms with Gasteiger partial charge in [-0.05, 0) is 18.4 Å². The average Bonchev–Trinajstić information content (AvgIpc) is 2.39. The first-order valence-corrected chi connectivity index (χ1v) is 6.43. The third-order valence-corrected chi connectivity index (χ3v) is 2.89. The molecule has 6 heteroatoms. The van der Waals surface area contributed by atoms with Gasteiger partial charge in [-0.3, -0.25) is 0 Å². The number of aromatic nitrogens is 2. The van der Waals surface area contributed by atoms with Crippen molar-refractivity contribution >= 4 is 17.4 Å². The summed E-state index contributed by atoms with van der Waals surface area (Å²) in [6.45, 7) is 0. The van der Waals surface area contributed by atoms with Gasteiger partial charge in [0.25, 0.3) is 0 Å². The molecule has 0 atom stereocenters. The molecule has 5 nitrogen and oxygen atoms in total. The minimum atomic E-state index is 0.485. The van der Waals surface area contributed by atoms with Gasteiger partial charge in [-0.1, -0.05) is 0 Å². The molecule has 0 saturated carbocycles. The summed E-state index contributed by atoms with van der Waals surface area (Å²) in [5, 5.41) is 0.849. The number of hydrogen-bond acceptors (Lipinski definition) is 6. The summed E-state index contributed by atoms with van der Waals surface area (Å²) in [6, 6.07) is 6.99. The number of hydrogen-bond donors (Lipinski definition) is 1. The van der Waals surface area contributed by atoms with E-state index in [4.69, 9.17) is 15.2 Å². The third kappa shape index (κ3) is 2.84. The SMILES string of the molecule is COc1ccc(Oc2cc(SC)ncn2)cc1N. The fraction of sp³-hybridized carbons (Fsp3) is 0.167. The summed E-state index contributed by atoms with van der Waals surface area (Å²) < 4.78 is 10.7. The maximum Gasteiger partial charge on any atom is 0.223 e. The summed E-state index contributed by atoms with van der Waals surface area (Å²) in [5.41, 5.74) is 6.32. The maximum absolute atomic E-state index is 5.80. The molecule has 0 fully saturated rings. The predicted molar refractivity (Wildman–Crippen MR) is 71.3 cm³/mol. The molecule has 0 aliphatic carbocycles. The number of rotatable bonds is 4. The van der Waals surface area contributed by atoms with E-state index >= 15 is 0 Å². The quantitative estimate of drug-likeness (QED) is 0.519. The lowest BCUT2D eigenvalue weighted by atomic mass is 10.3. The van der Waals surface area contributed by atoms with E-state index in [0.717, 1.165) is 5.03 Å². The van der Waals surface area contributed by atoms with Crippen molar-refractivity contribution in [1.29, 1.82) is 0 Å². The first kappa shape index (κ1) is 12.5. The molecule has 2 rings (SSSR count). The molecule has 0 amide bonds. The molecule has 1 heterocycles. The van der Waals surface area contributed by atoms with Crippen LogP contribution < -0.4 is 15.2 Å². The minimum Gasteiger partial charge on any atom is -0.495 e. The van der Waals surface area contributed by atoms with Gasteiger partial charge in [0.05, 0.1) is 12.8 Å². The van der Waals surface area contributed by atoms with Gasteiger partial charge in [0, 0.05) is 12.1 Å². The first-order valence-electron chi connectivity index (χ1n) is 5.20. The van der Waals surface area contributed by atoms with E-state index in [1.165, 1.54) is 18.1 Å². The number of nitrogen functional groups attached to an aromatic ring is 1. The molecule has 2 N–H and O–H groups in total. The van der Waals surface area contributed by atoms with Crippen LogP contribution in [0.2, 0.25) is 0 Å². The van der Waals surface area contributed by atoms with Gasteiger partial charge in [-0.2, -0.15) is 0 Å². The molecular formula is C12H13N3O2S. The van der Waals surface area contributed by atoms with Crippen LogP contribution in [0, 0.1) is 0 Å². The number of nitrogens with zero attached hydrogens (tertiary/aromatic N) is 2.